The maximum absolute atomic E-state index is 4.64. The third-order valence-electron chi connectivity index (χ3n) is 9.96. The Kier molecular flexibility index (Phi) is 8.61. The topological polar surface area (TPSA) is 16.1 Å². The van der Waals surface area contributed by atoms with Crippen LogP contribution in [0, 0.1) is 0 Å². The highest BCUT2D eigenvalue weighted by molar-refractivity contribution is 6.04. The molecule has 1 heterocycles. The van der Waals surface area contributed by atoms with E-state index in [1.54, 1.807) is 0 Å². The Hall–Kier alpha value is -7.03. The first-order chi connectivity index (χ1) is 26.3. The quantitative estimate of drug-likeness (QED) is 0.159. The van der Waals surface area contributed by atoms with E-state index in [9.17, 15) is 0 Å². The lowest BCUT2D eigenvalue weighted by Crippen LogP contribution is -2.09. The van der Waals surface area contributed by atoms with E-state index >= 15 is 0 Å². The predicted octanol–water partition coefficient (Wildman–Crippen LogP) is 14.0. The van der Waals surface area contributed by atoms with Gasteiger partial charge >= 0.3 is 0 Å². The van der Waals surface area contributed by atoms with Crippen molar-refractivity contribution in [3.05, 3.63) is 219 Å². The Morgan fingerprint density at radius 2 is 0.774 bits per heavy atom. The average molecular weight is 677 g/mol. The fourth-order valence-corrected chi connectivity index (χ4v) is 7.38. The summed E-state index contributed by atoms with van der Waals surface area (Å²) in [6.07, 6.45) is 1.85. The molecule has 0 saturated carbocycles. The van der Waals surface area contributed by atoms with Crippen molar-refractivity contribution in [2.24, 2.45) is 0 Å². The number of aromatic nitrogens is 1. The van der Waals surface area contributed by atoms with E-state index in [1.165, 1.54) is 55.3 Å². The molecule has 0 aliphatic carbocycles. The van der Waals surface area contributed by atoms with Crippen LogP contribution in [0.3, 0.4) is 0 Å². The van der Waals surface area contributed by atoms with Gasteiger partial charge in [-0.05, 0) is 110 Å². The molecule has 1 aromatic heterocycles. The van der Waals surface area contributed by atoms with Crippen LogP contribution in [0.5, 0.6) is 0 Å². The monoisotopic (exact) mass is 676 g/mol. The average Bonchev–Trinajstić information content (AvgIpc) is 3.25. The number of hydrogen-bond acceptors (Lipinski definition) is 2. The van der Waals surface area contributed by atoms with Crippen LogP contribution >= 0.6 is 0 Å². The summed E-state index contributed by atoms with van der Waals surface area (Å²) in [6, 6.07) is 75.7. The molecule has 0 radical (unpaired) electrons. The summed E-state index contributed by atoms with van der Waals surface area (Å²) in [6.45, 7) is 0. The van der Waals surface area contributed by atoms with E-state index < -0.39 is 0 Å². The SMILES string of the molecule is c1ccc(-c2ccccc2-c2cccc(-c3ccc(N(c4ccccc4)c4ccc(-c5ccc(-c6ccccn6)c6ccccc56)cc4)cc3)c2)cc1. The van der Waals surface area contributed by atoms with Crippen LogP contribution in [0.4, 0.5) is 17.1 Å². The van der Waals surface area contributed by atoms with Gasteiger partial charge in [0.25, 0.3) is 0 Å². The van der Waals surface area contributed by atoms with Crippen LogP contribution < -0.4 is 4.90 Å². The van der Waals surface area contributed by atoms with Gasteiger partial charge in [0.15, 0.2) is 0 Å². The molecule has 0 fully saturated rings. The molecule has 0 N–H and O–H groups in total. The largest absolute Gasteiger partial charge is 0.311 e. The van der Waals surface area contributed by atoms with Gasteiger partial charge in [0.2, 0.25) is 0 Å². The van der Waals surface area contributed by atoms with Gasteiger partial charge in [-0.1, -0.05) is 158 Å². The molecule has 2 heteroatoms. The Bertz CT molecular complexity index is 2630. The molecule has 250 valence electrons. The lowest BCUT2D eigenvalue weighted by molar-refractivity contribution is 1.28. The van der Waals surface area contributed by atoms with E-state index in [0.29, 0.717) is 0 Å². The number of nitrogens with zero attached hydrogens (tertiary/aromatic N) is 2. The van der Waals surface area contributed by atoms with E-state index in [4.69, 9.17) is 0 Å². The minimum absolute atomic E-state index is 0.983. The first kappa shape index (κ1) is 31.9. The molecule has 0 amide bonds. The summed E-state index contributed by atoms with van der Waals surface area (Å²) >= 11 is 0. The van der Waals surface area contributed by atoms with Gasteiger partial charge in [-0.2, -0.15) is 0 Å². The lowest BCUT2D eigenvalue weighted by Gasteiger charge is -2.26. The molecule has 0 unspecified atom stereocenters. The maximum Gasteiger partial charge on any atom is 0.0708 e. The minimum Gasteiger partial charge on any atom is -0.311 e. The van der Waals surface area contributed by atoms with Crippen molar-refractivity contribution in [1.29, 1.82) is 0 Å². The summed E-state index contributed by atoms with van der Waals surface area (Å²) in [5, 5.41) is 2.41. The molecule has 0 saturated heterocycles. The minimum atomic E-state index is 0.983. The molecular weight excluding hydrogens is 641 g/mol. The number of benzene rings is 8. The van der Waals surface area contributed by atoms with Crippen molar-refractivity contribution in [3.8, 4) is 55.8 Å². The van der Waals surface area contributed by atoms with Crippen molar-refractivity contribution < 1.29 is 0 Å². The van der Waals surface area contributed by atoms with Gasteiger partial charge in [-0.25, -0.2) is 0 Å². The standard InChI is InChI=1S/C51H36N2/c1-3-14-38(15-4-1)45-20-7-8-21-46(45)41-17-13-16-40(36-41)37-25-29-43(30-26-37)53(42-18-5-2-6-19-42)44-31-27-39(28-32-44)47-33-34-50(51-24-11-12-35-52-51)49-23-10-9-22-48(47)49/h1-36H. The highest BCUT2D eigenvalue weighted by Crippen LogP contribution is 2.40. The van der Waals surface area contributed by atoms with Crippen LogP contribution in [-0.4, -0.2) is 4.98 Å². The number of para-hydroxylation sites is 1. The first-order valence-corrected chi connectivity index (χ1v) is 18.0. The van der Waals surface area contributed by atoms with Crippen molar-refractivity contribution in [1.82, 2.24) is 4.98 Å². The van der Waals surface area contributed by atoms with Gasteiger partial charge in [-0.15, -0.1) is 0 Å². The molecule has 9 rings (SSSR count). The Morgan fingerprint density at radius 1 is 0.283 bits per heavy atom. The van der Waals surface area contributed by atoms with Crippen LogP contribution in [-0.2, 0) is 0 Å². The van der Waals surface area contributed by atoms with Crippen LogP contribution in [0.25, 0.3) is 66.5 Å². The fourth-order valence-electron chi connectivity index (χ4n) is 7.38. The molecule has 2 nitrogen and oxygen atoms in total. The number of hydrogen-bond donors (Lipinski definition) is 0. The molecule has 0 aliphatic heterocycles. The van der Waals surface area contributed by atoms with Crippen molar-refractivity contribution >= 4 is 27.8 Å². The predicted molar refractivity (Wildman–Crippen MR) is 224 cm³/mol. The second-order valence-corrected chi connectivity index (χ2v) is 13.2. The fraction of sp³-hybridized carbons (Fsp3) is 0. The molecule has 53 heavy (non-hydrogen) atoms. The maximum atomic E-state index is 4.64. The third kappa shape index (κ3) is 6.39. The summed E-state index contributed by atoms with van der Waals surface area (Å²) < 4.78 is 0. The lowest BCUT2D eigenvalue weighted by atomic mass is 9.92. The smallest absolute Gasteiger partial charge is 0.0708 e. The number of fused-ring (bicyclic) bond motifs is 1. The van der Waals surface area contributed by atoms with Gasteiger partial charge in [-0.3, -0.25) is 4.98 Å². The Labute approximate surface area is 310 Å². The molecule has 0 atom stereocenters. The second-order valence-electron chi connectivity index (χ2n) is 13.2. The zero-order chi connectivity index (χ0) is 35.4. The van der Waals surface area contributed by atoms with Crippen molar-refractivity contribution in [3.63, 3.8) is 0 Å². The summed E-state index contributed by atoms with van der Waals surface area (Å²) in [5.41, 5.74) is 15.1. The first-order valence-electron chi connectivity index (χ1n) is 18.0. The highest BCUT2D eigenvalue weighted by atomic mass is 15.1. The van der Waals surface area contributed by atoms with Crippen LogP contribution in [0.1, 0.15) is 0 Å². The molecule has 8 aromatic carbocycles. The number of pyridine rings is 1. The molecule has 0 aliphatic rings. The zero-order valence-electron chi connectivity index (χ0n) is 29.2. The van der Waals surface area contributed by atoms with E-state index in [2.05, 4.69) is 210 Å². The molecule has 0 spiro atoms. The van der Waals surface area contributed by atoms with Gasteiger partial charge in [0.05, 0.1) is 5.69 Å². The number of anilines is 3. The highest BCUT2D eigenvalue weighted by Gasteiger charge is 2.15. The third-order valence-corrected chi connectivity index (χ3v) is 9.96. The molecule has 9 aromatic rings. The van der Waals surface area contributed by atoms with Gasteiger partial charge in [0.1, 0.15) is 0 Å². The van der Waals surface area contributed by atoms with Crippen LogP contribution in [0.15, 0.2) is 219 Å². The van der Waals surface area contributed by atoms with E-state index in [1.807, 2.05) is 18.3 Å². The Balaban J connectivity index is 1.04. The van der Waals surface area contributed by atoms with Gasteiger partial charge < -0.3 is 4.90 Å². The normalized spacial score (nSPS) is 11.0. The second kappa shape index (κ2) is 14.3. The van der Waals surface area contributed by atoms with E-state index in [0.717, 1.165) is 28.3 Å². The zero-order valence-corrected chi connectivity index (χ0v) is 29.2. The van der Waals surface area contributed by atoms with E-state index in [-0.39, 0.29) is 0 Å². The molecular formula is C51H36N2. The number of rotatable bonds is 8. The van der Waals surface area contributed by atoms with Crippen LogP contribution in [0.2, 0.25) is 0 Å². The van der Waals surface area contributed by atoms with Crippen molar-refractivity contribution in [2.75, 3.05) is 4.90 Å². The Morgan fingerprint density at radius 3 is 1.45 bits per heavy atom. The molecule has 0 bridgehead atoms. The summed E-state index contributed by atoms with van der Waals surface area (Å²) in [7, 11) is 0. The summed E-state index contributed by atoms with van der Waals surface area (Å²) in [5.74, 6) is 0. The van der Waals surface area contributed by atoms with Crippen molar-refractivity contribution in [2.45, 2.75) is 0 Å². The summed E-state index contributed by atoms with van der Waals surface area (Å²) in [4.78, 5) is 6.96. The van der Waals surface area contributed by atoms with Gasteiger partial charge in [0, 0.05) is 28.8 Å².